The van der Waals surface area contributed by atoms with Gasteiger partial charge < -0.3 is 9.84 Å². The van der Waals surface area contributed by atoms with E-state index in [4.69, 9.17) is 9.84 Å². The number of hydrogen-bond donors (Lipinski definition) is 1. The lowest BCUT2D eigenvalue weighted by Gasteiger charge is -2.27. The number of carbonyl (C=O) groups excluding carboxylic acids is 1. The molecule has 90 valence electrons. The lowest BCUT2D eigenvalue weighted by Crippen LogP contribution is -2.35. The molecule has 0 bridgehead atoms. The Bertz CT molecular complexity index is 223. The molecule has 0 aromatic heterocycles. The van der Waals surface area contributed by atoms with Gasteiger partial charge in [0, 0.05) is 0 Å². The highest BCUT2D eigenvalue weighted by Crippen LogP contribution is 2.30. The zero-order valence-electron chi connectivity index (χ0n) is 9.51. The van der Waals surface area contributed by atoms with E-state index in [2.05, 4.69) is 0 Å². The van der Waals surface area contributed by atoms with E-state index < -0.39 is 36.4 Å². The molecule has 0 rings (SSSR count). The predicted molar refractivity (Wildman–Crippen MR) is 51.7 cm³/mol. The fourth-order valence-electron chi connectivity index (χ4n) is 0.909. The molecule has 0 radical (unpaired) electrons. The first-order valence-electron chi connectivity index (χ1n) is 4.71. The number of alkyl halides is 2. The van der Waals surface area contributed by atoms with Crippen LogP contribution in [0.25, 0.3) is 0 Å². The quantitative estimate of drug-likeness (QED) is 0.743. The van der Waals surface area contributed by atoms with Gasteiger partial charge in [-0.3, -0.25) is 4.79 Å². The van der Waals surface area contributed by atoms with E-state index in [0.717, 1.165) is 6.92 Å². The third-order valence-corrected chi connectivity index (χ3v) is 1.86. The summed E-state index contributed by atoms with van der Waals surface area (Å²) in [6, 6.07) is 0. The van der Waals surface area contributed by atoms with Crippen LogP contribution in [0.5, 0.6) is 0 Å². The molecule has 0 aromatic rings. The summed E-state index contributed by atoms with van der Waals surface area (Å²) < 4.78 is 29.9. The number of halogens is 2. The van der Waals surface area contributed by atoms with Crippen molar-refractivity contribution in [3.05, 3.63) is 0 Å². The maximum Gasteiger partial charge on any atom is 0.307 e. The largest absolute Gasteiger partial charge is 0.460 e. The Labute approximate surface area is 88.4 Å². The first kappa shape index (κ1) is 14.3. The highest BCUT2D eigenvalue weighted by atomic mass is 19.3. The van der Waals surface area contributed by atoms with Crippen LogP contribution in [0.1, 0.15) is 34.1 Å². The third-order valence-electron chi connectivity index (χ3n) is 1.86. The average Bonchev–Trinajstić information content (AvgIpc) is 1.99. The van der Waals surface area contributed by atoms with Crippen LogP contribution in [-0.4, -0.2) is 29.7 Å². The van der Waals surface area contributed by atoms with Gasteiger partial charge in [0.2, 0.25) is 6.43 Å². The van der Waals surface area contributed by atoms with E-state index in [1.165, 1.54) is 0 Å². The Balaban J connectivity index is 4.39. The second kappa shape index (κ2) is 4.88. The summed E-state index contributed by atoms with van der Waals surface area (Å²) in [5.41, 5.74) is -2.42. The van der Waals surface area contributed by atoms with E-state index in [-0.39, 0.29) is 0 Å². The Morgan fingerprint density at radius 3 is 2.07 bits per heavy atom. The standard InChI is InChI=1S/C10H18F2O3/c1-9(2,3)15-7(14)5-10(4,6-13)8(11)12/h8,13H,5-6H2,1-4H3. The summed E-state index contributed by atoms with van der Waals surface area (Å²) in [7, 11) is 0. The number of esters is 1. The van der Waals surface area contributed by atoms with E-state index in [1.807, 2.05) is 0 Å². The number of carbonyl (C=O) groups is 1. The van der Waals surface area contributed by atoms with E-state index >= 15 is 0 Å². The molecule has 1 atom stereocenters. The summed E-state index contributed by atoms with van der Waals surface area (Å²) in [4.78, 5) is 11.3. The number of aliphatic hydroxyl groups is 1. The number of aliphatic hydroxyl groups excluding tert-OH is 1. The smallest absolute Gasteiger partial charge is 0.307 e. The van der Waals surface area contributed by atoms with Crippen molar-refractivity contribution in [2.75, 3.05) is 6.61 Å². The van der Waals surface area contributed by atoms with Crippen LogP contribution in [0.2, 0.25) is 0 Å². The number of rotatable bonds is 4. The van der Waals surface area contributed by atoms with Crippen molar-refractivity contribution in [2.24, 2.45) is 5.41 Å². The van der Waals surface area contributed by atoms with E-state index in [9.17, 15) is 13.6 Å². The summed E-state index contributed by atoms with van der Waals surface area (Å²) in [5.74, 6) is -0.723. The van der Waals surface area contributed by atoms with Gasteiger partial charge in [-0.1, -0.05) is 6.92 Å². The molecule has 0 fully saturated rings. The number of ether oxygens (including phenoxy) is 1. The monoisotopic (exact) mass is 224 g/mol. The summed E-state index contributed by atoms with van der Waals surface area (Å²) in [5, 5.41) is 8.82. The van der Waals surface area contributed by atoms with Crippen molar-refractivity contribution in [3.63, 3.8) is 0 Å². The minimum Gasteiger partial charge on any atom is -0.460 e. The molecule has 1 unspecified atom stereocenters. The van der Waals surface area contributed by atoms with Gasteiger partial charge in [-0.15, -0.1) is 0 Å². The zero-order valence-corrected chi connectivity index (χ0v) is 9.51. The molecular formula is C10H18F2O3. The van der Waals surface area contributed by atoms with Crippen molar-refractivity contribution in [2.45, 2.75) is 46.1 Å². The molecule has 1 N–H and O–H groups in total. The molecular weight excluding hydrogens is 206 g/mol. The molecule has 15 heavy (non-hydrogen) atoms. The summed E-state index contributed by atoms with van der Waals surface area (Å²) >= 11 is 0. The lowest BCUT2D eigenvalue weighted by atomic mass is 9.88. The molecule has 0 heterocycles. The molecule has 0 amide bonds. The first-order chi connectivity index (χ1) is 6.60. The van der Waals surface area contributed by atoms with Crippen molar-refractivity contribution in [1.82, 2.24) is 0 Å². The Morgan fingerprint density at radius 1 is 1.33 bits per heavy atom. The van der Waals surface area contributed by atoms with Crippen LogP contribution in [0.4, 0.5) is 8.78 Å². The van der Waals surface area contributed by atoms with Gasteiger partial charge in [-0.25, -0.2) is 8.78 Å². The van der Waals surface area contributed by atoms with E-state index in [1.54, 1.807) is 20.8 Å². The van der Waals surface area contributed by atoms with Gasteiger partial charge in [0.15, 0.2) is 0 Å². The van der Waals surface area contributed by atoms with Gasteiger partial charge in [-0.2, -0.15) is 0 Å². The van der Waals surface area contributed by atoms with Gasteiger partial charge in [0.25, 0.3) is 0 Å². The molecule has 3 nitrogen and oxygen atoms in total. The summed E-state index contributed by atoms with van der Waals surface area (Å²) in [6.45, 7) is 5.38. The Kier molecular flexibility index (Phi) is 4.65. The molecule has 0 aromatic carbocycles. The lowest BCUT2D eigenvalue weighted by molar-refractivity contribution is -0.162. The fraction of sp³-hybridized carbons (Fsp3) is 0.900. The van der Waals surface area contributed by atoms with Crippen molar-refractivity contribution < 1.29 is 23.4 Å². The zero-order chi connectivity index (χ0) is 12.3. The first-order valence-corrected chi connectivity index (χ1v) is 4.71. The normalized spacial score (nSPS) is 16.3. The maximum atomic E-state index is 12.5. The van der Waals surface area contributed by atoms with Crippen LogP contribution in [0.15, 0.2) is 0 Å². The second-order valence-electron chi connectivity index (χ2n) is 4.88. The van der Waals surface area contributed by atoms with Crippen LogP contribution < -0.4 is 0 Å². The van der Waals surface area contributed by atoms with Crippen LogP contribution >= 0.6 is 0 Å². The summed E-state index contributed by atoms with van der Waals surface area (Å²) in [6.07, 6.45) is -3.24. The predicted octanol–water partition coefficient (Wildman–Crippen LogP) is 1.98. The Hall–Kier alpha value is -0.710. The minimum atomic E-state index is -2.75. The maximum absolute atomic E-state index is 12.5. The molecule has 0 spiro atoms. The topological polar surface area (TPSA) is 46.5 Å². The molecule has 0 saturated carbocycles. The van der Waals surface area contributed by atoms with Crippen molar-refractivity contribution in [3.8, 4) is 0 Å². The Morgan fingerprint density at radius 2 is 1.80 bits per heavy atom. The average molecular weight is 224 g/mol. The number of hydrogen-bond acceptors (Lipinski definition) is 3. The van der Waals surface area contributed by atoms with Gasteiger partial charge in [-0.05, 0) is 20.8 Å². The highest BCUT2D eigenvalue weighted by molar-refractivity contribution is 5.70. The van der Waals surface area contributed by atoms with Crippen molar-refractivity contribution in [1.29, 1.82) is 0 Å². The molecule has 0 aliphatic rings. The van der Waals surface area contributed by atoms with Gasteiger partial charge >= 0.3 is 5.97 Å². The molecule has 0 aliphatic carbocycles. The fourth-order valence-corrected chi connectivity index (χ4v) is 0.909. The van der Waals surface area contributed by atoms with Crippen molar-refractivity contribution >= 4 is 5.97 Å². The molecule has 0 aliphatic heterocycles. The second-order valence-corrected chi connectivity index (χ2v) is 4.88. The molecule has 0 saturated heterocycles. The van der Waals surface area contributed by atoms with Crippen LogP contribution in [-0.2, 0) is 9.53 Å². The van der Waals surface area contributed by atoms with Crippen LogP contribution in [0, 0.1) is 5.41 Å². The van der Waals surface area contributed by atoms with Gasteiger partial charge in [0.1, 0.15) is 5.60 Å². The van der Waals surface area contributed by atoms with Crippen LogP contribution in [0.3, 0.4) is 0 Å². The van der Waals surface area contributed by atoms with E-state index in [0.29, 0.717) is 0 Å². The molecule has 5 heteroatoms. The minimum absolute atomic E-state index is 0.488. The highest BCUT2D eigenvalue weighted by Gasteiger charge is 2.38. The van der Waals surface area contributed by atoms with Gasteiger partial charge in [0.05, 0.1) is 18.4 Å². The SMILES string of the molecule is CC(C)(C)OC(=O)CC(C)(CO)C(F)F. The third kappa shape index (κ3) is 5.06.